The van der Waals surface area contributed by atoms with E-state index in [4.69, 9.17) is 21.7 Å². The van der Waals surface area contributed by atoms with Crippen molar-refractivity contribution in [2.75, 3.05) is 38.5 Å². The zero-order valence-electron chi connectivity index (χ0n) is 37.2. The van der Waals surface area contributed by atoms with Crippen LogP contribution >= 0.6 is 11.8 Å². The lowest BCUT2D eigenvalue weighted by molar-refractivity contribution is -0.140. The summed E-state index contributed by atoms with van der Waals surface area (Å²) in [6.07, 6.45) is -0.0810. The Bertz CT molecular complexity index is 2230. The molecule has 3 rings (SSSR count). The van der Waals surface area contributed by atoms with Gasteiger partial charge in [-0.05, 0) is 48.1 Å². The molecule has 20 nitrogen and oxygen atoms in total. The molecule has 0 radical (unpaired) electrons. The predicted molar refractivity (Wildman–Crippen MR) is 241 cm³/mol. The number of hydrogen-bond acceptors (Lipinski definition) is 12. The number of aliphatic hydroxyl groups excluding tert-OH is 1. The number of carboxylic acid groups (broad SMARTS) is 3. The molecule has 0 saturated carbocycles. The molecule has 12 N–H and O–H groups in total. The monoisotopic (exact) mass is 960 g/mol. The van der Waals surface area contributed by atoms with Crippen LogP contribution in [-0.4, -0.2) is 139 Å². The minimum Gasteiger partial charge on any atom is -0.481 e. The third-order valence-corrected chi connectivity index (χ3v) is 11.5. The lowest BCUT2D eigenvalue weighted by Gasteiger charge is -2.41. The lowest BCUT2D eigenvalue weighted by Crippen LogP contribution is -2.51. The summed E-state index contributed by atoms with van der Waals surface area (Å²) >= 11 is 0.657. The molecule has 2 aromatic carbocycles. The fourth-order valence-electron chi connectivity index (χ4n) is 6.88. The predicted octanol–water partition coefficient (Wildman–Crippen LogP) is 0.794. The van der Waals surface area contributed by atoms with Crippen molar-refractivity contribution >= 4 is 59.2 Å². The standard InChI is InChI=1S/C44H58F2N8O12S/c1-44(2,3)39(33-17-26(28-18-27(45)9-10-29(28)46)22-53(33)21-25-7-5-4-6-8-25)54(36(57)23-55)16-13-30(47)40(62)49-14-15-50-41(63)32(11-12-37(58)59)52-35(56)20-51-42(64)34(19-38(60)61)67-24-31(48)43(65)66/h4-10,17-18,22,30-32,34,39,55H,11-16,19-21,23-24,47-48H2,1-3H3,(H,49,62)(H,50,63)(H,51,64)(H,52,56)(H,58,59)(H,60,61)(H,65,66)/t30-,31-,32+,34?,39-/m0/s1. The molecule has 5 atom stereocenters. The highest BCUT2D eigenvalue weighted by Gasteiger charge is 2.37. The molecular weight excluding hydrogens is 903 g/mol. The van der Waals surface area contributed by atoms with Gasteiger partial charge in [0.15, 0.2) is 0 Å². The van der Waals surface area contributed by atoms with Crippen molar-refractivity contribution in [1.82, 2.24) is 30.7 Å². The second kappa shape index (κ2) is 26.0. The topological polar surface area (TPSA) is 326 Å². The summed E-state index contributed by atoms with van der Waals surface area (Å²) in [6.45, 7) is 3.70. The molecule has 1 unspecified atom stereocenters. The maximum absolute atomic E-state index is 15.1. The number of aliphatic carboxylic acids is 3. The van der Waals surface area contributed by atoms with Crippen LogP contribution in [0, 0.1) is 17.0 Å². The third kappa shape index (κ3) is 17.7. The Kier molecular flexibility index (Phi) is 21.3. The zero-order valence-corrected chi connectivity index (χ0v) is 38.0. The molecule has 0 saturated heterocycles. The number of hydrogen-bond donors (Lipinski definition) is 10. The fraction of sp³-hybridized carbons (Fsp3) is 0.455. The molecule has 5 amide bonds. The number of benzene rings is 2. The fourth-order valence-corrected chi connectivity index (χ4v) is 7.95. The molecule has 0 aliphatic carbocycles. The maximum Gasteiger partial charge on any atom is 0.321 e. The summed E-state index contributed by atoms with van der Waals surface area (Å²) in [6, 6.07) is 9.26. The van der Waals surface area contributed by atoms with Crippen molar-refractivity contribution in [3.8, 4) is 11.1 Å². The number of aromatic nitrogens is 1. The van der Waals surface area contributed by atoms with Gasteiger partial charge in [0.2, 0.25) is 29.5 Å². The molecule has 0 fully saturated rings. The molecule has 1 heterocycles. The van der Waals surface area contributed by atoms with Crippen LogP contribution in [0.15, 0.2) is 60.8 Å². The van der Waals surface area contributed by atoms with Crippen LogP contribution in [0.2, 0.25) is 0 Å². The molecule has 0 spiro atoms. The van der Waals surface area contributed by atoms with Crippen LogP contribution in [0.3, 0.4) is 0 Å². The first-order valence-electron chi connectivity index (χ1n) is 21.0. The minimum absolute atomic E-state index is 0.000704. The Hall–Kier alpha value is -6.43. The van der Waals surface area contributed by atoms with Crippen LogP contribution in [0.4, 0.5) is 8.78 Å². The second-order valence-electron chi connectivity index (χ2n) is 16.5. The van der Waals surface area contributed by atoms with E-state index in [2.05, 4.69) is 21.3 Å². The number of rotatable bonds is 27. The van der Waals surface area contributed by atoms with E-state index in [-0.39, 0.29) is 50.3 Å². The molecule has 0 bridgehead atoms. The summed E-state index contributed by atoms with van der Waals surface area (Å²) in [5, 5.41) is 45.7. The number of halogens is 2. The number of carbonyl (C=O) groups is 8. The summed E-state index contributed by atoms with van der Waals surface area (Å²) in [5.41, 5.74) is 12.7. The van der Waals surface area contributed by atoms with Gasteiger partial charge < -0.3 is 62.6 Å². The van der Waals surface area contributed by atoms with E-state index in [0.29, 0.717) is 23.0 Å². The number of nitrogens with two attached hydrogens (primary N) is 2. The Morgan fingerprint density at radius 1 is 0.821 bits per heavy atom. The number of amides is 5. The normalized spacial score (nSPS) is 13.6. The number of aliphatic hydroxyl groups is 1. The van der Waals surface area contributed by atoms with Crippen molar-refractivity contribution < 1.29 is 67.6 Å². The molecule has 3 aromatic rings. The number of nitrogens with one attached hydrogen (secondary N) is 4. The molecular formula is C44H58F2N8O12S. The van der Waals surface area contributed by atoms with Crippen LogP contribution in [-0.2, 0) is 44.9 Å². The lowest BCUT2D eigenvalue weighted by atomic mass is 9.82. The Morgan fingerprint density at radius 2 is 1.48 bits per heavy atom. The summed E-state index contributed by atoms with van der Waals surface area (Å²) in [7, 11) is 0. The minimum atomic E-state index is -1.42. The average Bonchev–Trinajstić information content (AvgIpc) is 3.67. The average molecular weight is 961 g/mol. The number of nitrogens with zero attached hydrogens (tertiary/aromatic N) is 2. The SMILES string of the molecule is CC(C)(C)[C@H](c1cc(-c2cc(F)ccc2F)cn1Cc1ccccc1)N(CC[C@H](N)C(=O)NCCNC(=O)[C@@H](CCC(=O)O)NC(=O)CNC(=O)C(CC(=O)O)SC[C@H](N)C(=O)O)C(=O)CO. The van der Waals surface area contributed by atoms with Gasteiger partial charge in [0.05, 0.1) is 30.3 Å². The smallest absolute Gasteiger partial charge is 0.321 e. The molecule has 67 heavy (non-hydrogen) atoms. The highest BCUT2D eigenvalue weighted by Crippen LogP contribution is 2.41. The van der Waals surface area contributed by atoms with Crippen LogP contribution in [0.1, 0.15) is 63.8 Å². The van der Waals surface area contributed by atoms with Gasteiger partial charge in [0.1, 0.15) is 30.3 Å². The molecule has 0 aliphatic rings. The summed E-state index contributed by atoms with van der Waals surface area (Å²) in [4.78, 5) is 100. The van der Waals surface area contributed by atoms with E-state index in [1.807, 2.05) is 55.7 Å². The second-order valence-corrected chi connectivity index (χ2v) is 17.8. The van der Waals surface area contributed by atoms with E-state index in [0.717, 1.165) is 23.8 Å². The highest BCUT2D eigenvalue weighted by molar-refractivity contribution is 8.00. The Labute approximate surface area is 389 Å². The van der Waals surface area contributed by atoms with E-state index in [9.17, 15) is 53.0 Å². The Balaban J connectivity index is 1.67. The van der Waals surface area contributed by atoms with Crippen LogP contribution < -0.4 is 32.7 Å². The van der Waals surface area contributed by atoms with E-state index < -0.39 is 120 Å². The van der Waals surface area contributed by atoms with Gasteiger partial charge in [-0.1, -0.05) is 51.1 Å². The van der Waals surface area contributed by atoms with Gasteiger partial charge >= 0.3 is 17.9 Å². The van der Waals surface area contributed by atoms with Gasteiger partial charge in [-0.25, -0.2) is 8.78 Å². The van der Waals surface area contributed by atoms with E-state index in [1.54, 1.807) is 12.3 Å². The largest absolute Gasteiger partial charge is 0.481 e. The molecule has 0 aliphatic heterocycles. The maximum atomic E-state index is 15.1. The van der Waals surface area contributed by atoms with Gasteiger partial charge in [-0.3, -0.25) is 38.4 Å². The number of thioether (sulfide) groups is 1. The Morgan fingerprint density at radius 3 is 2.07 bits per heavy atom. The molecule has 1 aromatic heterocycles. The zero-order chi connectivity index (χ0) is 50.0. The van der Waals surface area contributed by atoms with Crippen LogP contribution in [0.5, 0.6) is 0 Å². The first-order valence-corrected chi connectivity index (χ1v) is 22.1. The molecule has 366 valence electrons. The highest BCUT2D eigenvalue weighted by atomic mass is 32.2. The van der Waals surface area contributed by atoms with Crippen molar-refractivity contribution in [2.45, 2.75) is 82.4 Å². The van der Waals surface area contributed by atoms with Crippen molar-refractivity contribution in [3.05, 3.63) is 83.7 Å². The summed E-state index contributed by atoms with van der Waals surface area (Å²) in [5.74, 6) is -9.72. The third-order valence-electron chi connectivity index (χ3n) is 10.1. The number of carboxylic acids is 3. The van der Waals surface area contributed by atoms with Gasteiger partial charge in [0, 0.05) is 61.4 Å². The quantitative estimate of drug-likeness (QED) is 0.0473. The van der Waals surface area contributed by atoms with Crippen LogP contribution in [0.25, 0.3) is 11.1 Å². The summed E-state index contributed by atoms with van der Waals surface area (Å²) < 4.78 is 31.3. The van der Waals surface area contributed by atoms with Gasteiger partial charge in [0.25, 0.3) is 0 Å². The van der Waals surface area contributed by atoms with E-state index >= 15 is 4.39 Å². The first kappa shape index (κ1) is 54.9. The van der Waals surface area contributed by atoms with E-state index in [1.165, 1.54) is 4.90 Å². The van der Waals surface area contributed by atoms with Gasteiger partial charge in [-0.2, -0.15) is 0 Å². The first-order chi connectivity index (χ1) is 31.5. The van der Waals surface area contributed by atoms with Crippen molar-refractivity contribution in [1.29, 1.82) is 0 Å². The van der Waals surface area contributed by atoms with Crippen molar-refractivity contribution in [3.63, 3.8) is 0 Å². The van der Waals surface area contributed by atoms with Gasteiger partial charge in [-0.15, -0.1) is 11.8 Å². The van der Waals surface area contributed by atoms with Crippen molar-refractivity contribution in [2.24, 2.45) is 16.9 Å². The molecule has 23 heteroatoms. The number of carbonyl (C=O) groups excluding carboxylic acids is 5.